The fourth-order valence-electron chi connectivity index (χ4n) is 2.98. The summed E-state index contributed by atoms with van der Waals surface area (Å²) in [5.41, 5.74) is 2.53. The first-order valence-electron chi connectivity index (χ1n) is 9.53. The lowest BCUT2D eigenvalue weighted by atomic mass is 10.2. The lowest BCUT2D eigenvalue weighted by Crippen LogP contribution is -2.10. The fraction of sp³-hybridized carbons (Fsp3) is 0.130. The van der Waals surface area contributed by atoms with Gasteiger partial charge >= 0.3 is 0 Å². The second-order valence-electron chi connectivity index (χ2n) is 6.95. The number of nitrogens with one attached hydrogen (secondary N) is 1. The monoisotopic (exact) mass is 455 g/mol. The number of anilines is 1. The molecule has 31 heavy (non-hydrogen) atoms. The number of carbonyl (C=O) groups is 1. The molecule has 158 valence electrons. The van der Waals surface area contributed by atoms with Crippen LogP contribution in [0.3, 0.4) is 0 Å². The van der Waals surface area contributed by atoms with Gasteiger partial charge in [-0.15, -0.1) is 0 Å². The quantitative estimate of drug-likeness (QED) is 0.372. The van der Waals surface area contributed by atoms with Crippen molar-refractivity contribution in [3.8, 4) is 5.75 Å². The largest absolute Gasteiger partial charge is 0.485 e. The first-order chi connectivity index (χ1) is 15.0. The molecule has 0 radical (unpaired) electrons. The van der Waals surface area contributed by atoms with Crippen molar-refractivity contribution in [3.05, 3.63) is 99.7 Å². The zero-order chi connectivity index (χ0) is 21.8. The molecule has 4 aromatic rings. The molecule has 0 aliphatic rings. The molecular formula is C23H19Cl2N3O3. The van der Waals surface area contributed by atoms with E-state index in [2.05, 4.69) is 10.4 Å². The van der Waals surface area contributed by atoms with Crippen molar-refractivity contribution in [2.24, 2.45) is 0 Å². The lowest BCUT2D eigenvalue weighted by molar-refractivity contribution is 0.0992. The molecule has 0 aliphatic carbocycles. The zero-order valence-corrected chi connectivity index (χ0v) is 18.2. The molecule has 4 rings (SSSR count). The molecule has 2 aromatic carbocycles. The minimum Gasteiger partial charge on any atom is -0.485 e. The molecular weight excluding hydrogens is 437 g/mol. The van der Waals surface area contributed by atoms with Crippen molar-refractivity contribution >= 4 is 34.8 Å². The number of nitrogens with zero attached hydrogens (tertiary/aromatic N) is 2. The molecule has 1 N–H and O–H groups in total. The van der Waals surface area contributed by atoms with Crippen LogP contribution in [0.4, 0.5) is 5.69 Å². The van der Waals surface area contributed by atoms with Gasteiger partial charge in [0, 0.05) is 6.20 Å². The van der Waals surface area contributed by atoms with Crippen molar-refractivity contribution in [2.75, 3.05) is 5.32 Å². The Morgan fingerprint density at radius 1 is 1.13 bits per heavy atom. The second kappa shape index (κ2) is 9.29. The first kappa shape index (κ1) is 21.0. The van der Waals surface area contributed by atoms with Crippen LogP contribution in [-0.4, -0.2) is 15.7 Å². The summed E-state index contributed by atoms with van der Waals surface area (Å²) >= 11 is 12.0. The van der Waals surface area contributed by atoms with Gasteiger partial charge in [-0.05, 0) is 48.4 Å². The summed E-state index contributed by atoms with van der Waals surface area (Å²) < 4.78 is 13.1. The third-order valence-corrected chi connectivity index (χ3v) is 5.31. The molecule has 0 aliphatic heterocycles. The Balaban J connectivity index is 1.34. The predicted molar refractivity (Wildman–Crippen MR) is 120 cm³/mol. The van der Waals surface area contributed by atoms with Crippen LogP contribution in [0.1, 0.15) is 27.4 Å². The summed E-state index contributed by atoms with van der Waals surface area (Å²) in [5.74, 6) is 1.17. The number of carbonyl (C=O) groups excluding carboxylic acids is 1. The Hall–Kier alpha value is -3.22. The first-order valence-corrected chi connectivity index (χ1v) is 10.3. The van der Waals surface area contributed by atoms with E-state index in [-0.39, 0.29) is 18.3 Å². The molecule has 2 heterocycles. The lowest BCUT2D eigenvalue weighted by Gasteiger charge is -2.06. The van der Waals surface area contributed by atoms with E-state index in [1.807, 2.05) is 37.3 Å². The molecule has 0 spiro atoms. The highest BCUT2D eigenvalue weighted by Gasteiger charge is 2.13. The Morgan fingerprint density at radius 3 is 2.77 bits per heavy atom. The Morgan fingerprint density at radius 2 is 1.97 bits per heavy atom. The average molecular weight is 456 g/mol. The zero-order valence-electron chi connectivity index (χ0n) is 16.6. The number of hydrogen-bond acceptors (Lipinski definition) is 4. The number of rotatable bonds is 7. The number of aryl methyl sites for hydroxylation is 1. The predicted octanol–water partition coefficient (Wildman–Crippen LogP) is 5.97. The number of hydrogen-bond donors (Lipinski definition) is 1. The number of aromatic nitrogens is 2. The van der Waals surface area contributed by atoms with Crippen molar-refractivity contribution in [3.63, 3.8) is 0 Å². The van der Waals surface area contributed by atoms with Crippen molar-refractivity contribution < 1.29 is 13.9 Å². The van der Waals surface area contributed by atoms with Gasteiger partial charge in [-0.25, -0.2) is 0 Å². The van der Waals surface area contributed by atoms with Crippen LogP contribution in [0.15, 0.2) is 71.4 Å². The highest BCUT2D eigenvalue weighted by molar-refractivity contribution is 6.42. The molecule has 8 heteroatoms. The van der Waals surface area contributed by atoms with Crippen LogP contribution >= 0.6 is 23.2 Å². The number of halogens is 2. The van der Waals surface area contributed by atoms with E-state index in [9.17, 15) is 4.79 Å². The normalized spacial score (nSPS) is 10.8. The van der Waals surface area contributed by atoms with Gasteiger partial charge in [0.2, 0.25) is 0 Å². The topological polar surface area (TPSA) is 69.3 Å². The molecule has 0 bridgehead atoms. The van der Waals surface area contributed by atoms with Crippen LogP contribution in [-0.2, 0) is 13.2 Å². The SMILES string of the molecule is Cc1ccccc1OCc1ccc(C(=O)Nc2cnn(Cc3ccc(Cl)c(Cl)c3)c2)o1. The summed E-state index contributed by atoms with van der Waals surface area (Å²) in [5, 5.41) is 8.03. The number of ether oxygens (including phenoxy) is 1. The number of amides is 1. The van der Waals surface area contributed by atoms with Crippen LogP contribution in [0.5, 0.6) is 5.75 Å². The highest BCUT2D eigenvalue weighted by Crippen LogP contribution is 2.23. The Kier molecular flexibility index (Phi) is 6.30. The molecule has 0 unspecified atom stereocenters. The van der Waals surface area contributed by atoms with E-state index < -0.39 is 0 Å². The van der Waals surface area contributed by atoms with Crippen LogP contribution < -0.4 is 10.1 Å². The van der Waals surface area contributed by atoms with Gasteiger partial charge in [-0.1, -0.05) is 47.5 Å². The molecule has 1 amide bonds. The smallest absolute Gasteiger partial charge is 0.291 e. The summed E-state index contributed by atoms with van der Waals surface area (Å²) in [4.78, 5) is 12.5. The molecule has 6 nitrogen and oxygen atoms in total. The van der Waals surface area contributed by atoms with Crippen molar-refractivity contribution in [1.82, 2.24) is 9.78 Å². The summed E-state index contributed by atoms with van der Waals surface area (Å²) in [6, 6.07) is 16.5. The minimum atomic E-state index is -0.365. The molecule has 0 atom stereocenters. The number of para-hydroxylation sites is 1. The van der Waals surface area contributed by atoms with Gasteiger partial charge < -0.3 is 14.5 Å². The van der Waals surface area contributed by atoms with Gasteiger partial charge in [-0.3, -0.25) is 9.48 Å². The fourth-order valence-corrected chi connectivity index (χ4v) is 3.30. The Labute approximate surface area is 189 Å². The third-order valence-electron chi connectivity index (χ3n) is 4.57. The molecule has 2 aromatic heterocycles. The van der Waals surface area contributed by atoms with Gasteiger partial charge in [0.1, 0.15) is 18.1 Å². The maximum absolute atomic E-state index is 12.5. The summed E-state index contributed by atoms with van der Waals surface area (Å²) in [6.45, 7) is 2.70. The van der Waals surface area contributed by atoms with Gasteiger partial charge in [0.25, 0.3) is 5.91 Å². The maximum Gasteiger partial charge on any atom is 0.291 e. The van der Waals surface area contributed by atoms with E-state index in [1.54, 1.807) is 41.3 Å². The van der Waals surface area contributed by atoms with E-state index in [4.69, 9.17) is 32.4 Å². The average Bonchev–Trinajstić information content (AvgIpc) is 3.40. The second-order valence-corrected chi connectivity index (χ2v) is 7.76. The molecule has 0 saturated heterocycles. The number of furan rings is 1. The Bertz CT molecular complexity index is 1220. The van der Waals surface area contributed by atoms with E-state index in [0.29, 0.717) is 28.0 Å². The third kappa shape index (κ3) is 5.29. The minimum absolute atomic E-state index is 0.195. The molecule has 0 saturated carbocycles. The van der Waals surface area contributed by atoms with E-state index in [0.717, 1.165) is 16.9 Å². The maximum atomic E-state index is 12.5. The van der Waals surface area contributed by atoms with Gasteiger partial charge in [0.15, 0.2) is 5.76 Å². The van der Waals surface area contributed by atoms with Crippen LogP contribution in [0.2, 0.25) is 10.0 Å². The summed E-state index contributed by atoms with van der Waals surface area (Å²) in [6.07, 6.45) is 3.30. The van der Waals surface area contributed by atoms with Crippen molar-refractivity contribution in [1.29, 1.82) is 0 Å². The molecule has 0 fully saturated rings. The van der Waals surface area contributed by atoms with Crippen LogP contribution in [0.25, 0.3) is 0 Å². The summed E-state index contributed by atoms with van der Waals surface area (Å²) in [7, 11) is 0. The van der Waals surface area contributed by atoms with Crippen molar-refractivity contribution in [2.45, 2.75) is 20.1 Å². The van der Waals surface area contributed by atoms with E-state index in [1.165, 1.54) is 0 Å². The highest BCUT2D eigenvalue weighted by atomic mass is 35.5. The van der Waals surface area contributed by atoms with Gasteiger partial charge in [0.05, 0.1) is 28.5 Å². The van der Waals surface area contributed by atoms with E-state index >= 15 is 0 Å². The van der Waals surface area contributed by atoms with Crippen LogP contribution in [0, 0.1) is 6.92 Å². The number of benzene rings is 2. The standard InChI is InChI=1S/C23H19Cl2N3O3/c1-15-4-2-3-5-21(15)30-14-18-7-9-22(31-18)23(29)27-17-11-26-28(13-17)12-16-6-8-19(24)20(25)10-16/h2-11,13H,12,14H2,1H3,(H,27,29). The van der Waals surface area contributed by atoms with Gasteiger partial charge in [-0.2, -0.15) is 5.10 Å².